The summed E-state index contributed by atoms with van der Waals surface area (Å²) in [5.41, 5.74) is 7.44. The second-order valence-electron chi connectivity index (χ2n) is 9.54. The second kappa shape index (κ2) is 7.75. The topological polar surface area (TPSA) is 107 Å². The van der Waals surface area contributed by atoms with Gasteiger partial charge in [0, 0.05) is 11.6 Å². The summed E-state index contributed by atoms with van der Waals surface area (Å²) in [5, 5.41) is 5.35. The van der Waals surface area contributed by atoms with Gasteiger partial charge in [0.1, 0.15) is 6.61 Å². The van der Waals surface area contributed by atoms with Gasteiger partial charge < -0.3 is 9.47 Å². The highest BCUT2D eigenvalue weighted by Crippen LogP contribution is 2.41. The number of carbonyl (C=O) groups excluding carboxylic acids is 2. The summed E-state index contributed by atoms with van der Waals surface area (Å²) in [6.07, 6.45) is 1.24. The standard InChI is InChI=1S/C24H27N5O4/c1-13-20-15(11-16(14-9-10-14)25-21(20)29(28-13)24(2,3)4)22(30)26-27-23(31)19-12-32-17-7-5-6-8-18(17)33-19/h5-8,11,14,19H,9-10,12H2,1-4H3,(H,26,30)(H,27,31). The third-order valence-corrected chi connectivity index (χ3v) is 5.81. The van der Waals surface area contributed by atoms with Crippen molar-refractivity contribution < 1.29 is 19.1 Å². The first-order valence-corrected chi connectivity index (χ1v) is 11.1. The second-order valence-corrected chi connectivity index (χ2v) is 9.54. The molecular formula is C24H27N5O4. The smallest absolute Gasteiger partial charge is 0.283 e. The number of pyridine rings is 1. The zero-order chi connectivity index (χ0) is 23.3. The Bertz CT molecular complexity index is 1260. The van der Waals surface area contributed by atoms with Gasteiger partial charge in [-0.3, -0.25) is 20.4 Å². The molecule has 0 saturated heterocycles. The van der Waals surface area contributed by atoms with Gasteiger partial charge in [-0.05, 0) is 58.7 Å². The summed E-state index contributed by atoms with van der Waals surface area (Å²) in [5.74, 6) is 0.514. The maximum atomic E-state index is 13.2. The molecule has 9 heteroatoms. The molecule has 1 saturated carbocycles. The minimum absolute atomic E-state index is 0.0571. The predicted octanol–water partition coefficient (Wildman–Crippen LogP) is 2.97. The van der Waals surface area contributed by atoms with Gasteiger partial charge in [0.2, 0.25) is 6.10 Å². The number of rotatable bonds is 3. The highest BCUT2D eigenvalue weighted by atomic mass is 16.6. The van der Waals surface area contributed by atoms with Crippen molar-refractivity contribution in [3.05, 3.63) is 47.3 Å². The quantitative estimate of drug-likeness (QED) is 0.596. The first kappa shape index (κ1) is 21.2. The molecule has 3 heterocycles. The van der Waals surface area contributed by atoms with E-state index in [1.54, 1.807) is 18.2 Å². The molecule has 3 aromatic rings. The van der Waals surface area contributed by atoms with Crippen LogP contribution in [0, 0.1) is 6.92 Å². The average molecular weight is 450 g/mol. The van der Waals surface area contributed by atoms with Gasteiger partial charge in [-0.2, -0.15) is 5.10 Å². The summed E-state index contributed by atoms with van der Waals surface area (Å²) in [7, 11) is 0. The van der Waals surface area contributed by atoms with E-state index in [1.807, 2.05) is 23.7 Å². The molecule has 2 aromatic heterocycles. The lowest BCUT2D eigenvalue weighted by atomic mass is 10.1. The number of aromatic nitrogens is 3. The lowest BCUT2D eigenvalue weighted by Crippen LogP contribution is -2.50. The van der Waals surface area contributed by atoms with Crippen LogP contribution in [0.4, 0.5) is 0 Å². The zero-order valence-electron chi connectivity index (χ0n) is 19.1. The van der Waals surface area contributed by atoms with E-state index in [0.29, 0.717) is 39.7 Å². The van der Waals surface area contributed by atoms with Gasteiger partial charge in [0.05, 0.1) is 22.2 Å². The number of benzene rings is 1. The maximum absolute atomic E-state index is 13.2. The number of hydrazine groups is 1. The molecule has 2 amide bonds. The van der Waals surface area contributed by atoms with Crippen molar-refractivity contribution in [2.75, 3.05) is 6.61 Å². The Balaban J connectivity index is 1.38. The molecule has 1 aliphatic carbocycles. The van der Waals surface area contributed by atoms with Crippen LogP contribution in [0.15, 0.2) is 30.3 Å². The number of fused-ring (bicyclic) bond motifs is 2. The molecule has 1 unspecified atom stereocenters. The van der Waals surface area contributed by atoms with Crippen LogP contribution in [0.3, 0.4) is 0 Å². The van der Waals surface area contributed by atoms with Gasteiger partial charge in [-0.1, -0.05) is 12.1 Å². The molecule has 172 valence electrons. The number of hydrogen-bond acceptors (Lipinski definition) is 6. The van der Waals surface area contributed by atoms with Gasteiger partial charge in [0.15, 0.2) is 17.1 Å². The third-order valence-electron chi connectivity index (χ3n) is 5.81. The SMILES string of the molecule is Cc1nn(C(C)(C)C)c2nc(C3CC3)cc(C(=O)NNC(=O)C3COc4ccccc4O3)c12. The van der Waals surface area contributed by atoms with Gasteiger partial charge in [-0.25, -0.2) is 9.67 Å². The fourth-order valence-corrected chi connectivity index (χ4v) is 3.96. The number of carbonyl (C=O) groups is 2. The minimum Gasteiger partial charge on any atom is -0.485 e. The van der Waals surface area contributed by atoms with E-state index in [4.69, 9.17) is 14.5 Å². The van der Waals surface area contributed by atoms with Crippen molar-refractivity contribution in [3.63, 3.8) is 0 Å². The lowest BCUT2D eigenvalue weighted by molar-refractivity contribution is -0.131. The van der Waals surface area contributed by atoms with Crippen LogP contribution in [0.1, 0.15) is 61.3 Å². The molecule has 9 nitrogen and oxygen atoms in total. The zero-order valence-corrected chi connectivity index (χ0v) is 19.1. The van der Waals surface area contributed by atoms with Crippen molar-refractivity contribution in [3.8, 4) is 11.5 Å². The molecule has 1 aromatic carbocycles. The summed E-state index contributed by atoms with van der Waals surface area (Å²) < 4.78 is 13.2. The number of hydrogen-bond donors (Lipinski definition) is 2. The van der Waals surface area contributed by atoms with Crippen molar-refractivity contribution in [2.45, 2.75) is 58.1 Å². The molecule has 1 fully saturated rings. The molecule has 5 rings (SSSR count). The Kier molecular flexibility index (Phi) is 4.99. The van der Waals surface area contributed by atoms with Gasteiger partial charge in [-0.15, -0.1) is 0 Å². The number of nitrogens with one attached hydrogen (secondary N) is 2. The highest BCUT2D eigenvalue weighted by Gasteiger charge is 2.31. The molecule has 0 bridgehead atoms. The largest absolute Gasteiger partial charge is 0.485 e. The fraction of sp³-hybridized carbons (Fsp3) is 0.417. The number of ether oxygens (including phenoxy) is 2. The summed E-state index contributed by atoms with van der Waals surface area (Å²) >= 11 is 0. The molecule has 0 radical (unpaired) electrons. The molecule has 2 aliphatic rings. The number of nitrogens with zero attached hydrogens (tertiary/aromatic N) is 3. The van der Waals surface area contributed by atoms with E-state index in [9.17, 15) is 9.59 Å². The van der Waals surface area contributed by atoms with Crippen LogP contribution < -0.4 is 20.3 Å². The summed E-state index contributed by atoms with van der Waals surface area (Å²) in [6, 6.07) is 8.96. The Labute approximate surface area is 191 Å². The van der Waals surface area contributed by atoms with Crippen LogP contribution in [0.5, 0.6) is 11.5 Å². The van der Waals surface area contributed by atoms with Gasteiger partial charge in [0.25, 0.3) is 11.8 Å². The highest BCUT2D eigenvalue weighted by molar-refractivity contribution is 6.07. The molecule has 33 heavy (non-hydrogen) atoms. The van der Waals surface area contributed by atoms with E-state index in [2.05, 4.69) is 36.7 Å². The average Bonchev–Trinajstić information content (AvgIpc) is 3.59. The monoisotopic (exact) mass is 449 g/mol. The number of para-hydroxylation sites is 2. The maximum Gasteiger partial charge on any atom is 0.283 e. The summed E-state index contributed by atoms with van der Waals surface area (Å²) in [4.78, 5) is 30.7. The summed E-state index contributed by atoms with van der Waals surface area (Å²) in [6.45, 7) is 8.07. The first-order valence-electron chi connectivity index (χ1n) is 11.1. The normalized spacial score (nSPS) is 17.6. The Morgan fingerprint density at radius 3 is 2.55 bits per heavy atom. The van der Waals surface area contributed by atoms with Crippen molar-refractivity contribution in [1.82, 2.24) is 25.6 Å². The van der Waals surface area contributed by atoms with E-state index in [-0.39, 0.29) is 12.1 Å². The molecule has 1 atom stereocenters. The Hall–Kier alpha value is -3.62. The van der Waals surface area contributed by atoms with Crippen LogP contribution in [-0.2, 0) is 10.3 Å². The van der Waals surface area contributed by atoms with Crippen LogP contribution in [-0.4, -0.2) is 39.3 Å². The van der Waals surface area contributed by atoms with E-state index < -0.39 is 17.9 Å². The van der Waals surface area contributed by atoms with Crippen LogP contribution in [0.25, 0.3) is 11.0 Å². The Morgan fingerprint density at radius 1 is 1.12 bits per heavy atom. The predicted molar refractivity (Wildman–Crippen MR) is 121 cm³/mol. The van der Waals surface area contributed by atoms with Gasteiger partial charge >= 0.3 is 0 Å². The van der Waals surface area contributed by atoms with Crippen molar-refractivity contribution in [2.24, 2.45) is 0 Å². The van der Waals surface area contributed by atoms with E-state index in [1.165, 1.54) is 0 Å². The third kappa shape index (κ3) is 3.99. The number of aryl methyl sites for hydroxylation is 1. The molecule has 2 N–H and O–H groups in total. The lowest BCUT2D eigenvalue weighted by Gasteiger charge is -2.25. The van der Waals surface area contributed by atoms with Crippen molar-refractivity contribution in [1.29, 1.82) is 0 Å². The Morgan fingerprint density at radius 2 is 1.85 bits per heavy atom. The van der Waals surface area contributed by atoms with E-state index >= 15 is 0 Å². The number of amides is 2. The molecular weight excluding hydrogens is 422 g/mol. The minimum atomic E-state index is -0.870. The molecule has 1 aliphatic heterocycles. The fourth-order valence-electron chi connectivity index (χ4n) is 3.96. The van der Waals surface area contributed by atoms with Crippen LogP contribution in [0.2, 0.25) is 0 Å². The van der Waals surface area contributed by atoms with Crippen LogP contribution >= 0.6 is 0 Å². The first-order chi connectivity index (χ1) is 15.7. The molecule has 0 spiro atoms. The van der Waals surface area contributed by atoms with E-state index in [0.717, 1.165) is 18.5 Å². The van der Waals surface area contributed by atoms with Crippen molar-refractivity contribution >= 4 is 22.8 Å².